The number of methoxy groups -OCH3 is 1. The summed E-state index contributed by atoms with van der Waals surface area (Å²) in [4.78, 5) is 27.8. The molecule has 0 unspecified atom stereocenters. The van der Waals surface area contributed by atoms with E-state index in [0.717, 1.165) is 23.1 Å². The second-order valence-electron chi connectivity index (χ2n) is 9.43. The predicted octanol–water partition coefficient (Wildman–Crippen LogP) is 4.46. The summed E-state index contributed by atoms with van der Waals surface area (Å²) in [5.41, 5.74) is 1.75. The van der Waals surface area contributed by atoms with Crippen molar-refractivity contribution in [1.29, 1.82) is 0 Å². The Morgan fingerprint density at radius 3 is 2.49 bits per heavy atom. The van der Waals surface area contributed by atoms with Crippen LogP contribution in [-0.2, 0) is 26.2 Å². The molecule has 3 N–H and O–H groups in total. The van der Waals surface area contributed by atoms with Gasteiger partial charge in [0.05, 0.1) is 35.9 Å². The van der Waals surface area contributed by atoms with Crippen LogP contribution in [0, 0.1) is 0 Å². The maximum Gasteiger partial charge on any atom is 0.267 e. The molecule has 0 atom stereocenters. The van der Waals surface area contributed by atoms with Crippen LogP contribution in [0.25, 0.3) is 6.08 Å². The Kier molecular flexibility index (Phi) is 9.77. The van der Waals surface area contributed by atoms with Gasteiger partial charge in [0.15, 0.2) is 11.8 Å². The molecule has 5 rings (SSSR count). The van der Waals surface area contributed by atoms with Gasteiger partial charge in [0.25, 0.3) is 11.8 Å². The van der Waals surface area contributed by atoms with E-state index in [0.29, 0.717) is 32.8 Å². The second-order valence-corrected chi connectivity index (χ2v) is 12.0. The maximum atomic E-state index is 13.5. The Balaban J connectivity index is 1.31. The molecule has 2 amide bonds. The summed E-state index contributed by atoms with van der Waals surface area (Å²) in [6.07, 6.45) is 4.77. The van der Waals surface area contributed by atoms with E-state index in [1.54, 1.807) is 55.8 Å². The number of hydrogen-bond donors (Lipinski definition) is 2. The highest BCUT2D eigenvalue weighted by atomic mass is 32.2. The molecule has 0 bridgehead atoms. The van der Waals surface area contributed by atoms with E-state index in [4.69, 9.17) is 19.0 Å². The van der Waals surface area contributed by atoms with E-state index < -0.39 is 15.9 Å². The fourth-order valence-corrected chi connectivity index (χ4v) is 5.50. The molecule has 2 heterocycles. The fourth-order valence-electron chi connectivity index (χ4n) is 4.06. The van der Waals surface area contributed by atoms with Crippen LogP contribution in [0.1, 0.15) is 16.9 Å². The number of amides is 2. The van der Waals surface area contributed by atoms with Crippen LogP contribution in [0.5, 0.6) is 11.5 Å². The van der Waals surface area contributed by atoms with Crippen molar-refractivity contribution in [2.24, 2.45) is 15.3 Å². The van der Waals surface area contributed by atoms with Gasteiger partial charge in [0.1, 0.15) is 17.3 Å². The number of nitrogens with zero attached hydrogens (tertiary/aromatic N) is 3. The largest absolute Gasteiger partial charge is 0.497 e. The van der Waals surface area contributed by atoms with E-state index in [1.807, 2.05) is 24.3 Å². The van der Waals surface area contributed by atoms with E-state index >= 15 is 0 Å². The van der Waals surface area contributed by atoms with E-state index in [-0.39, 0.29) is 24.0 Å². The van der Waals surface area contributed by atoms with Gasteiger partial charge >= 0.3 is 0 Å². The lowest BCUT2D eigenvalue weighted by Gasteiger charge is -2.12. The first kappa shape index (κ1) is 31.3. The number of thioether (sulfide) groups is 1. The highest BCUT2D eigenvalue weighted by Gasteiger charge is 2.34. The topological polar surface area (TPSA) is 166 Å². The molecule has 45 heavy (non-hydrogen) atoms. The van der Waals surface area contributed by atoms with Crippen LogP contribution in [0.4, 0.5) is 5.69 Å². The molecule has 14 heteroatoms. The first-order valence-corrected chi connectivity index (χ1v) is 15.7. The highest BCUT2D eigenvalue weighted by molar-refractivity contribution is 8.18. The molecule has 1 fully saturated rings. The van der Waals surface area contributed by atoms with Crippen LogP contribution in [0.15, 0.2) is 116 Å². The smallest absolute Gasteiger partial charge is 0.267 e. The Morgan fingerprint density at radius 1 is 1.04 bits per heavy atom. The number of primary sulfonamides is 1. The quantitative estimate of drug-likeness (QED) is 0.137. The number of hydrogen-bond acceptors (Lipinski definition) is 10. The van der Waals surface area contributed by atoms with Gasteiger partial charge in [-0.1, -0.05) is 18.2 Å². The van der Waals surface area contributed by atoms with Crippen molar-refractivity contribution in [3.8, 4) is 11.5 Å². The van der Waals surface area contributed by atoms with Gasteiger partial charge in [-0.25, -0.2) is 13.6 Å². The number of ether oxygens (including phenoxy) is 2. The summed E-state index contributed by atoms with van der Waals surface area (Å²) in [5.74, 6) is 0.896. The zero-order chi connectivity index (χ0) is 31.8. The number of sulfonamides is 1. The lowest BCUT2D eigenvalue weighted by Crippen LogP contribution is -2.28. The maximum absolute atomic E-state index is 13.5. The molecule has 0 saturated carbocycles. The Hall–Kier alpha value is -5.18. The number of anilines is 1. The lowest BCUT2D eigenvalue weighted by atomic mass is 10.2. The molecular formula is C31H27N5O7S2. The van der Waals surface area contributed by atoms with Crippen molar-refractivity contribution in [1.82, 2.24) is 4.90 Å². The Bertz CT molecular complexity index is 1870. The Labute approximate surface area is 263 Å². The molecule has 1 aliphatic heterocycles. The van der Waals surface area contributed by atoms with Gasteiger partial charge in [-0.3, -0.25) is 14.5 Å². The third-order valence-corrected chi connectivity index (χ3v) is 8.21. The van der Waals surface area contributed by atoms with E-state index in [9.17, 15) is 18.0 Å². The molecule has 0 radical (unpaired) electrons. The number of carbonyl (C=O) groups is 2. The van der Waals surface area contributed by atoms with Crippen LogP contribution >= 0.6 is 11.8 Å². The molecule has 1 aromatic heterocycles. The monoisotopic (exact) mass is 645 g/mol. The normalized spacial score (nSPS) is 15.2. The van der Waals surface area contributed by atoms with Gasteiger partial charge in [-0.15, -0.1) is 5.10 Å². The summed E-state index contributed by atoms with van der Waals surface area (Å²) in [6, 6.07) is 23.2. The SMILES string of the molecule is COc1ccc(/C=N\N=C2\S/C(=C\c3ccccc3OCC(=O)Nc3ccc(S(N)(=O)=O)cc3)C(=O)N2Cc2ccco2)cc1. The molecular weight excluding hydrogens is 619 g/mol. The van der Waals surface area contributed by atoms with Crippen molar-refractivity contribution in [3.05, 3.63) is 113 Å². The predicted molar refractivity (Wildman–Crippen MR) is 171 cm³/mol. The average Bonchev–Trinajstić information content (AvgIpc) is 3.65. The lowest BCUT2D eigenvalue weighted by molar-refractivity contribution is -0.122. The standard InChI is InChI=1S/C31H27N5O7S2/c1-41-24-12-8-21(9-13-24)18-33-35-31-36(19-25-6-4-16-42-25)30(38)28(44-31)17-22-5-2-3-7-27(22)43-20-29(37)34-23-10-14-26(15-11-23)45(32,39)40/h2-18H,19-20H2,1H3,(H,34,37)(H2,32,39,40)/b28-17-,33-18-,35-31+. The van der Waals surface area contributed by atoms with Gasteiger partial charge in [0, 0.05) is 11.3 Å². The highest BCUT2D eigenvalue weighted by Crippen LogP contribution is 2.35. The first-order valence-electron chi connectivity index (χ1n) is 13.3. The van der Waals surface area contributed by atoms with Gasteiger partial charge in [-0.2, -0.15) is 5.10 Å². The van der Waals surface area contributed by atoms with Crippen LogP contribution in [0.2, 0.25) is 0 Å². The fraction of sp³-hybridized carbons (Fsp3) is 0.0968. The van der Waals surface area contributed by atoms with Crippen LogP contribution in [0.3, 0.4) is 0 Å². The third-order valence-electron chi connectivity index (χ3n) is 6.28. The number of rotatable bonds is 11. The van der Waals surface area contributed by atoms with E-state index in [2.05, 4.69) is 15.5 Å². The third kappa shape index (κ3) is 8.26. The summed E-state index contributed by atoms with van der Waals surface area (Å²) < 4.78 is 39.3. The number of para-hydroxylation sites is 1. The number of nitrogens with two attached hydrogens (primary N) is 1. The summed E-state index contributed by atoms with van der Waals surface area (Å²) in [7, 11) is -2.26. The molecule has 3 aromatic carbocycles. The zero-order valence-electron chi connectivity index (χ0n) is 23.8. The average molecular weight is 646 g/mol. The molecule has 0 spiro atoms. The number of nitrogens with one attached hydrogen (secondary N) is 1. The molecule has 12 nitrogen and oxygen atoms in total. The van der Waals surface area contributed by atoms with Crippen molar-refractivity contribution >= 4 is 56.7 Å². The Morgan fingerprint density at radius 2 is 1.80 bits per heavy atom. The number of benzene rings is 3. The molecule has 4 aromatic rings. The summed E-state index contributed by atoms with van der Waals surface area (Å²) in [5, 5.41) is 16.6. The molecule has 1 saturated heterocycles. The molecule has 0 aliphatic carbocycles. The number of carbonyl (C=O) groups excluding carboxylic acids is 2. The molecule has 230 valence electrons. The van der Waals surface area contributed by atoms with Crippen molar-refractivity contribution in [2.45, 2.75) is 11.4 Å². The van der Waals surface area contributed by atoms with Gasteiger partial charge < -0.3 is 19.2 Å². The minimum Gasteiger partial charge on any atom is -0.497 e. The van der Waals surface area contributed by atoms with Crippen molar-refractivity contribution in [3.63, 3.8) is 0 Å². The number of amidine groups is 1. The minimum absolute atomic E-state index is 0.0713. The summed E-state index contributed by atoms with van der Waals surface area (Å²) in [6.45, 7) is -0.181. The van der Waals surface area contributed by atoms with Crippen molar-refractivity contribution in [2.75, 3.05) is 19.0 Å². The zero-order valence-corrected chi connectivity index (χ0v) is 25.5. The molecule has 1 aliphatic rings. The van der Waals surface area contributed by atoms with Gasteiger partial charge in [-0.05, 0) is 90.1 Å². The second kappa shape index (κ2) is 14.1. The number of furan rings is 1. The first-order chi connectivity index (χ1) is 21.7. The van der Waals surface area contributed by atoms with Crippen LogP contribution < -0.4 is 19.9 Å². The van der Waals surface area contributed by atoms with Gasteiger partial charge in [0.2, 0.25) is 10.0 Å². The summed E-state index contributed by atoms with van der Waals surface area (Å²) >= 11 is 1.15. The van der Waals surface area contributed by atoms with Crippen molar-refractivity contribution < 1.29 is 31.9 Å². The minimum atomic E-state index is -3.85. The van der Waals surface area contributed by atoms with E-state index in [1.165, 1.54) is 35.4 Å². The van der Waals surface area contributed by atoms with Crippen LogP contribution in [-0.4, -0.2) is 50.2 Å².